The molecule has 0 bridgehead atoms. The summed E-state index contributed by atoms with van der Waals surface area (Å²) in [5.74, 6) is -0.799. The molecule has 3 aromatic rings. The molecule has 1 amide bonds. The molecule has 1 saturated heterocycles. The first-order valence-electron chi connectivity index (χ1n) is 12.9. The van der Waals surface area contributed by atoms with E-state index in [2.05, 4.69) is 25.3 Å². The van der Waals surface area contributed by atoms with Crippen molar-refractivity contribution < 1.29 is 27.4 Å². The molecule has 12 heteroatoms. The number of morpholine rings is 1. The van der Waals surface area contributed by atoms with Crippen LogP contribution in [0.2, 0.25) is 0 Å². The van der Waals surface area contributed by atoms with E-state index in [0.29, 0.717) is 18.0 Å². The van der Waals surface area contributed by atoms with Crippen molar-refractivity contribution in [3.8, 4) is 5.69 Å². The molecule has 4 heterocycles. The van der Waals surface area contributed by atoms with Crippen LogP contribution >= 0.6 is 0 Å². The van der Waals surface area contributed by atoms with E-state index in [1.54, 1.807) is 29.2 Å². The minimum absolute atomic E-state index is 0.124. The average molecular weight is 555 g/mol. The molecule has 2 aliphatic heterocycles. The molecule has 0 aliphatic carbocycles. The molecular formula is C28H29F3N6O3. The number of benzene rings is 1. The minimum Gasteiger partial charge on any atom is -0.379 e. The lowest BCUT2D eigenvalue weighted by Gasteiger charge is -2.28. The van der Waals surface area contributed by atoms with Gasteiger partial charge in [0.05, 0.1) is 43.7 Å². The van der Waals surface area contributed by atoms with Crippen LogP contribution in [0.1, 0.15) is 33.1 Å². The summed E-state index contributed by atoms with van der Waals surface area (Å²) in [5, 5.41) is 7.20. The molecule has 1 aromatic carbocycles. The van der Waals surface area contributed by atoms with E-state index in [4.69, 9.17) is 9.47 Å². The van der Waals surface area contributed by atoms with Gasteiger partial charge in [-0.05, 0) is 42.8 Å². The van der Waals surface area contributed by atoms with Crippen LogP contribution in [0.5, 0.6) is 0 Å². The van der Waals surface area contributed by atoms with E-state index in [0.717, 1.165) is 56.2 Å². The first kappa shape index (κ1) is 27.7. The lowest BCUT2D eigenvalue weighted by molar-refractivity contribution is -0.141. The molecule has 0 spiro atoms. The van der Waals surface area contributed by atoms with Gasteiger partial charge in [0, 0.05) is 61.3 Å². The summed E-state index contributed by atoms with van der Waals surface area (Å²) in [5.41, 5.74) is 1.66. The molecule has 0 saturated carbocycles. The molecule has 40 heavy (non-hydrogen) atoms. The maximum Gasteiger partial charge on any atom is 0.433 e. The van der Waals surface area contributed by atoms with Gasteiger partial charge < -0.3 is 14.8 Å². The zero-order valence-electron chi connectivity index (χ0n) is 21.8. The number of rotatable bonds is 8. The fourth-order valence-corrected chi connectivity index (χ4v) is 4.56. The summed E-state index contributed by atoms with van der Waals surface area (Å²) >= 11 is 0. The van der Waals surface area contributed by atoms with E-state index < -0.39 is 17.8 Å². The van der Waals surface area contributed by atoms with Crippen LogP contribution in [0.15, 0.2) is 66.2 Å². The second-order valence-corrected chi connectivity index (χ2v) is 9.56. The molecule has 2 aliphatic rings. The van der Waals surface area contributed by atoms with E-state index in [1.807, 2.05) is 31.5 Å². The normalized spacial score (nSPS) is 19.6. The predicted octanol–water partition coefficient (Wildman–Crippen LogP) is 4.25. The zero-order chi connectivity index (χ0) is 28.1. The SMILES string of the molecule is Cc1ccc(NC(=O)c2ccnc(C(F)(F)F)c2)cc1-n1cc(C2C=NC=CC2OCCN2CCOCC2)cn1. The maximum atomic E-state index is 13.0. The highest BCUT2D eigenvalue weighted by molar-refractivity contribution is 6.04. The van der Waals surface area contributed by atoms with Gasteiger partial charge in [-0.3, -0.25) is 19.7 Å². The number of aliphatic imine (C=N–C) groups is 1. The highest BCUT2D eigenvalue weighted by atomic mass is 19.4. The van der Waals surface area contributed by atoms with Crippen molar-refractivity contribution >= 4 is 17.8 Å². The molecule has 210 valence electrons. The van der Waals surface area contributed by atoms with E-state index in [9.17, 15) is 18.0 Å². The molecule has 0 radical (unpaired) electrons. The van der Waals surface area contributed by atoms with Crippen LogP contribution in [0.3, 0.4) is 0 Å². The minimum atomic E-state index is -4.64. The first-order chi connectivity index (χ1) is 19.3. The van der Waals surface area contributed by atoms with Crippen LogP contribution in [0.25, 0.3) is 5.69 Å². The molecule has 5 rings (SSSR count). The van der Waals surface area contributed by atoms with Crippen molar-refractivity contribution in [1.82, 2.24) is 19.7 Å². The Hall–Kier alpha value is -3.87. The van der Waals surface area contributed by atoms with Crippen LogP contribution in [0, 0.1) is 6.92 Å². The van der Waals surface area contributed by atoms with Crippen molar-refractivity contribution in [2.45, 2.75) is 25.1 Å². The molecular weight excluding hydrogens is 525 g/mol. The summed E-state index contributed by atoms with van der Waals surface area (Å²) in [6.45, 7) is 6.59. The number of nitrogens with zero attached hydrogens (tertiary/aromatic N) is 5. The quantitative estimate of drug-likeness (QED) is 0.448. The van der Waals surface area contributed by atoms with Gasteiger partial charge in [0.2, 0.25) is 0 Å². The van der Waals surface area contributed by atoms with E-state index in [1.165, 1.54) is 6.07 Å². The third-order valence-corrected chi connectivity index (χ3v) is 6.80. The third kappa shape index (κ3) is 6.64. The van der Waals surface area contributed by atoms with Crippen molar-refractivity contribution in [2.24, 2.45) is 4.99 Å². The van der Waals surface area contributed by atoms with Crippen LogP contribution in [0.4, 0.5) is 18.9 Å². The molecule has 2 aromatic heterocycles. The fourth-order valence-electron chi connectivity index (χ4n) is 4.56. The van der Waals surface area contributed by atoms with Gasteiger partial charge in [0.25, 0.3) is 5.91 Å². The van der Waals surface area contributed by atoms with Gasteiger partial charge in [0.15, 0.2) is 0 Å². The lowest BCUT2D eigenvalue weighted by atomic mass is 9.96. The van der Waals surface area contributed by atoms with E-state index in [-0.39, 0.29) is 17.6 Å². The number of ether oxygens (including phenoxy) is 2. The van der Waals surface area contributed by atoms with Gasteiger partial charge in [-0.25, -0.2) is 4.68 Å². The van der Waals surface area contributed by atoms with Gasteiger partial charge >= 0.3 is 6.18 Å². The molecule has 2 unspecified atom stereocenters. The van der Waals surface area contributed by atoms with Crippen molar-refractivity contribution in [2.75, 3.05) is 44.8 Å². The average Bonchev–Trinajstić information content (AvgIpc) is 3.44. The summed E-state index contributed by atoms with van der Waals surface area (Å²) in [6.07, 6.45) is 5.29. The maximum absolute atomic E-state index is 13.0. The molecule has 2 atom stereocenters. The van der Waals surface area contributed by atoms with Crippen molar-refractivity contribution in [3.05, 3.63) is 83.6 Å². The van der Waals surface area contributed by atoms with Crippen LogP contribution in [-0.2, 0) is 15.7 Å². The largest absolute Gasteiger partial charge is 0.433 e. The number of nitrogens with one attached hydrogen (secondary N) is 1. The number of amides is 1. The number of halogens is 3. The number of carbonyl (C=O) groups is 1. The Bertz CT molecular complexity index is 1400. The highest BCUT2D eigenvalue weighted by Gasteiger charge is 2.33. The number of aryl methyl sites for hydroxylation is 1. The monoisotopic (exact) mass is 554 g/mol. The number of hydrogen-bond acceptors (Lipinski definition) is 7. The van der Waals surface area contributed by atoms with Gasteiger partial charge in [-0.1, -0.05) is 6.07 Å². The first-order valence-corrected chi connectivity index (χ1v) is 12.9. The second kappa shape index (κ2) is 12.1. The summed E-state index contributed by atoms with van der Waals surface area (Å²) in [6, 6.07) is 7.18. The Morgan fingerprint density at radius 1 is 1.20 bits per heavy atom. The summed E-state index contributed by atoms with van der Waals surface area (Å²) < 4.78 is 52.3. The second-order valence-electron chi connectivity index (χ2n) is 9.56. The van der Waals surface area contributed by atoms with Gasteiger partial charge in [-0.2, -0.15) is 18.3 Å². The Morgan fingerprint density at radius 3 is 2.83 bits per heavy atom. The summed E-state index contributed by atoms with van der Waals surface area (Å²) in [7, 11) is 0. The molecule has 9 nitrogen and oxygen atoms in total. The van der Waals surface area contributed by atoms with Gasteiger partial charge in [-0.15, -0.1) is 0 Å². The standard InChI is InChI=1S/C28H29F3N6O3/c1-19-2-3-22(35-27(38)20-4-7-33-26(14-20)28(29,30)31)15-24(19)37-18-21(16-34-37)23-17-32-6-5-25(23)40-13-10-36-8-11-39-12-9-36/h2-7,14-18,23,25H,8-13H2,1H3,(H,35,38). The van der Waals surface area contributed by atoms with Crippen molar-refractivity contribution in [1.29, 1.82) is 0 Å². The zero-order valence-corrected chi connectivity index (χ0v) is 21.8. The van der Waals surface area contributed by atoms with Crippen molar-refractivity contribution in [3.63, 3.8) is 0 Å². The number of hydrogen-bond donors (Lipinski definition) is 1. The lowest BCUT2D eigenvalue weighted by Crippen LogP contribution is -2.39. The van der Waals surface area contributed by atoms with E-state index >= 15 is 0 Å². The predicted molar refractivity (Wildman–Crippen MR) is 143 cm³/mol. The third-order valence-electron chi connectivity index (χ3n) is 6.80. The number of aromatic nitrogens is 3. The smallest absolute Gasteiger partial charge is 0.379 e. The Labute approximate surface area is 229 Å². The Morgan fingerprint density at radius 2 is 2.02 bits per heavy atom. The van der Waals surface area contributed by atoms with Crippen LogP contribution in [-0.4, -0.2) is 77.3 Å². The fraction of sp³-hybridized carbons (Fsp3) is 0.357. The number of anilines is 1. The van der Waals surface area contributed by atoms with Gasteiger partial charge in [0.1, 0.15) is 5.69 Å². The highest BCUT2D eigenvalue weighted by Crippen LogP contribution is 2.29. The molecule has 1 N–H and O–H groups in total. The number of alkyl halides is 3. The number of pyridine rings is 1. The Balaban J connectivity index is 1.27. The summed E-state index contributed by atoms with van der Waals surface area (Å²) in [4.78, 5) is 22.6. The Kier molecular flexibility index (Phi) is 8.38. The number of carbonyl (C=O) groups excluding carboxylic acids is 1. The molecule has 1 fully saturated rings. The topological polar surface area (TPSA) is 93.9 Å². The van der Waals surface area contributed by atoms with Crippen LogP contribution < -0.4 is 5.32 Å².